The van der Waals surface area contributed by atoms with Crippen molar-refractivity contribution in [3.8, 4) is 0 Å². The summed E-state index contributed by atoms with van der Waals surface area (Å²) in [5.41, 5.74) is -0.289. The van der Waals surface area contributed by atoms with Crippen molar-refractivity contribution in [2.45, 2.75) is 187 Å². The number of carboxylic acid groups (broad SMARTS) is 1. The molecular weight excluding hydrogens is 508 g/mol. The second-order valence-electron chi connectivity index (χ2n) is 12.4. The zero-order chi connectivity index (χ0) is 30.0. The van der Waals surface area contributed by atoms with Crippen molar-refractivity contribution in [1.29, 1.82) is 0 Å². The molecule has 1 aromatic carbocycles. The summed E-state index contributed by atoms with van der Waals surface area (Å²) in [4.78, 5) is 25.4. The maximum atomic E-state index is 13.5. The first-order valence-electron chi connectivity index (χ1n) is 17.5. The first kappa shape index (κ1) is 37.2. The van der Waals surface area contributed by atoms with Gasteiger partial charge in [0.25, 0.3) is 0 Å². The van der Waals surface area contributed by atoms with Crippen LogP contribution in [0.25, 0.3) is 0 Å². The molecule has 0 bridgehead atoms. The Kier molecular flexibility index (Phi) is 22.4. The van der Waals surface area contributed by atoms with Gasteiger partial charge in [-0.1, -0.05) is 155 Å². The predicted molar refractivity (Wildman–Crippen MR) is 174 cm³/mol. The fraction of sp³-hybridized carbons (Fsp3) is 0.784. The summed E-state index contributed by atoms with van der Waals surface area (Å²) < 4.78 is 6.46. The Morgan fingerprint density at radius 2 is 0.854 bits per heavy atom. The number of esters is 1. The maximum absolute atomic E-state index is 13.5. The van der Waals surface area contributed by atoms with Gasteiger partial charge in [-0.25, -0.2) is 9.59 Å². The van der Waals surface area contributed by atoms with E-state index >= 15 is 0 Å². The van der Waals surface area contributed by atoms with E-state index in [1.165, 1.54) is 128 Å². The number of hydrogen-bond donors (Lipinski definition) is 1. The van der Waals surface area contributed by atoms with Gasteiger partial charge in [0.15, 0.2) is 0 Å². The molecule has 0 saturated carbocycles. The molecule has 4 nitrogen and oxygen atoms in total. The molecule has 0 unspecified atom stereocenters. The molecule has 0 amide bonds. The number of ether oxygens (including phenoxy) is 1. The van der Waals surface area contributed by atoms with Crippen molar-refractivity contribution in [3.05, 3.63) is 35.4 Å². The van der Waals surface area contributed by atoms with Crippen LogP contribution in [-0.2, 0) is 4.74 Å². The Morgan fingerprint density at radius 3 is 1.20 bits per heavy atom. The largest absolute Gasteiger partial charge is 0.478 e. The highest BCUT2D eigenvalue weighted by atomic mass is 16.6. The minimum atomic E-state index is -1.08. The standard InChI is InChI=1S/C37H64O4/c1-4-7-10-13-16-19-22-27-32-37(30-25-20-17-14-11-8-5-2,31-26-21-18-15-12-9-6-3)41-36(40)34-29-24-23-28-33(34)35(38)39/h23-24,28-29H,4-22,25-27,30-32H2,1-3H3,(H,38,39). The van der Waals surface area contributed by atoms with Crippen molar-refractivity contribution in [2.24, 2.45) is 0 Å². The van der Waals surface area contributed by atoms with Gasteiger partial charge in [0.1, 0.15) is 5.60 Å². The molecular formula is C37H64O4. The molecule has 0 heterocycles. The molecule has 0 fully saturated rings. The first-order chi connectivity index (χ1) is 20.0. The zero-order valence-electron chi connectivity index (χ0n) is 27.2. The smallest absolute Gasteiger partial charge is 0.339 e. The van der Waals surface area contributed by atoms with Crippen molar-refractivity contribution >= 4 is 11.9 Å². The maximum Gasteiger partial charge on any atom is 0.339 e. The van der Waals surface area contributed by atoms with Crippen molar-refractivity contribution in [1.82, 2.24) is 0 Å². The number of rotatable bonds is 28. The normalized spacial score (nSPS) is 11.6. The average molecular weight is 573 g/mol. The third kappa shape index (κ3) is 17.7. The minimum absolute atomic E-state index is 0.0327. The number of unbranched alkanes of at least 4 members (excludes halogenated alkanes) is 19. The van der Waals surface area contributed by atoms with Gasteiger partial charge in [0, 0.05) is 0 Å². The fourth-order valence-corrected chi connectivity index (χ4v) is 6.02. The van der Waals surface area contributed by atoms with Crippen LogP contribution in [0.5, 0.6) is 0 Å². The highest BCUT2D eigenvalue weighted by Crippen LogP contribution is 2.34. The molecule has 41 heavy (non-hydrogen) atoms. The molecule has 0 aliphatic heterocycles. The van der Waals surface area contributed by atoms with Gasteiger partial charge in [-0.3, -0.25) is 0 Å². The Hall–Kier alpha value is -1.84. The van der Waals surface area contributed by atoms with Crippen LogP contribution in [-0.4, -0.2) is 22.6 Å². The molecule has 1 N–H and O–H groups in total. The summed E-state index contributed by atoms with van der Waals surface area (Å²) in [7, 11) is 0. The summed E-state index contributed by atoms with van der Waals surface area (Å²) >= 11 is 0. The lowest BCUT2D eigenvalue weighted by Crippen LogP contribution is -2.36. The Balaban J connectivity index is 2.94. The molecule has 0 saturated heterocycles. The lowest BCUT2D eigenvalue weighted by molar-refractivity contribution is -0.0362. The van der Waals surface area contributed by atoms with Crippen LogP contribution in [0.15, 0.2) is 24.3 Å². The molecule has 0 atom stereocenters. The zero-order valence-corrected chi connectivity index (χ0v) is 27.2. The second kappa shape index (κ2) is 24.7. The van der Waals surface area contributed by atoms with Crippen LogP contribution in [0.2, 0.25) is 0 Å². The van der Waals surface area contributed by atoms with Crippen molar-refractivity contribution in [3.63, 3.8) is 0 Å². The number of carbonyl (C=O) groups is 2. The van der Waals surface area contributed by atoms with Gasteiger partial charge in [-0.05, 0) is 50.7 Å². The van der Waals surface area contributed by atoms with Crippen LogP contribution in [0, 0.1) is 0 Å². The van der Waals surface area contributed by atoms with Crippen LogP contribution in [0.1, 0.15) is 202 Å². The Morgan fingerprint density at radius 1 is 0.537 bits per heavy atom. The highest BCUT2D eigenvalue weighted by Gasteiger charge is 2.34. The third-order valence-corrected chi connectivity index (χ3v) is 8.64. The summed E-state index contributed by atoms with van der Waals surface area (Å²) in [6, 6.07) is 6.51. The van der Waals surface area contributed by atoms with Gasteiger partial charge >= 0.3 is 11.9 Å². The summed E-state index contributed by atoms with van der Waals surface area (Å²) in [5.74, 6) is -1.54. The van der Waals surface area contributed by atoms with E-state index in [0.717, 1.165) is 38.5 Å². The molecule has 0 aliphatic carbocycles. The van der Waals surface area contributed by atoms with Crippen LogP contribution < -0.4 is 0 Å². The molecule has 0 aromatic heterocycles. The fourth-order valence-electron chi connectivity index (χ4n) is 6.02. The average Bonchev–Trinajstić information content (AvgIpc) is 2.97. The molecule has 0 radical (unpaired) electrons. The van der Waals surface area contributed by atoms with Crippen LogP contribution >= 0.6 is 0 Å². The van der Waals surface area contributed by atoms with Gasteiger partial charge in [0.05, 0.1) is 11.1 Å². The topological polar surface area (TPSA) is 63.6 Å². The number of carboxylic acids is 1. The number of hydrogen-bond acceptors (Lipinski definition) is 3. The highest BCUT2D eigenvalue weighted by molar-refractivity contribution is 6.02. The predicted octanol–water partition coefficient (Wildman–Crippen LogP) is 12.1. The lowest BCUT2D eigenvalue weighted by Gasteiger charge is -2.34. The van der Waals surface area contributed by atoms with Gasteiger partial charge < -0.3 is 9.84 Å². The molecule has 1 aromatic rings. The molecule has 1 rings (SSSR count). The van der Waals surface area contributed by atoms with Crippen LogP contribution in [0.3, 0.4) is 0 Å². The van der Waals surface area contributed by atoms with E-state index in [-0.39, 0.29) is 11.1 Å². The monoisotopic (exact) mass is 572 g/mol. The number of carbonyl (C=O) groups excluding carboxylic acids is 1. The van der Waals surface area contributed by atoms with E-state index < -0.39 is 17.5 Å². The summed E-state index contributed by atoms with van der Waals surface area (Å²) in [5, 5.41) is 9.71. The van der Waals surface area contributed by atoms with Gasteiger partial charge in [-0.15, -0.1) is 0 Å². The second-order valence-corrected chi connectivity index (χ2v) is 12.4. The SMILES string of the molecule is CCCCCCCCCCC(CCCCCCCCC)(CCCCCCCCC)OC(=O)c1ccccc1C(=O)O. The number of benzene rings is 1. The molecule has 0 aliphatic rings. The first-order valence-corrected chi connectivity index (χ1v) is 17.5. The molecule has 0 spiro atoms. The lowest BCUT2D eigenvalue weighted by atomic mass is 9.84. The van der Waals surface area contributed by atoms with Gasteiger partial charge in [-0.2, -0.15) is 0 Å². The summed E-state index contributed by atoms with van der Waals surface area (Å²) in [6.07, 6.45) is 29.9. The van der Waals surface area contributed by atoms with Gasteiger partial charge in [0.2, 0.25) is 0 Å². The Labute approximate surface area is 253 Å². The quantitative estimate of drug-likeness (QED) is 0.0801. The third-order valence-electron chi connectivity index (χ3n) is 8.64. The van der Waals surface area contributed by atoms with E-state index in [9.17, 15) is 14.7 Å². The Bertz CT molecular complexity index is 769. The molecule has 236 valence electrons. The van der Waals surface area contributed by atoms with E-state index in [2.05, 4.69) is 20.8 Å². The summed E-state index contributed by atoms with van der Waals surface area (Å²) in [6.45, 7) is 6.76. The van der Waals surface area contributed by atoms with Crippen molar-refractivity contribution in [2.75, 3.05) is 0 Å². The minimum Gasteiger partial charge on any atom is -0.478 e. The number of aromatic carboxylic acids is 1. The van der Waals surface area contributed by atoms with Crippen molar-refractivity contribution < 1.29 is 19.4 Å². The van der Waals surface area contributed by atoms with E-state index in [4.69, 9.17) is 4.74 Å². The van der Waals surface area contributed by atoms with Crippen LogP contribution in [0.4, 0.5) is 0 Å². The van der Waals surface area contributed by atoms with E-state index in [1.54, 1.807) is 18.2 Å². The molecule has 4 heteroatoms. The van der Waals surface area contributed by atoms with E-state index in [1.807, 2.05) is 0 Å². The van der Waals surface area contributed by atoms with E-state index in [0.29, 0.717) is 0 Å².